The SMILES string of the molecule is Cc1ccc(C(C)(C)c2nnc(-c3cnn4c3NC(c3ccccc3)CC4(C)C)s2)cc1. The number of anilines is 1. The van der Waals surface area contributed by atoms with Gasteiger partial charge in [0.2, 0.25) is 0 Å². The van der Waals surface area contributed by atoms with E-state index in [2.05, 4.69) is 109 Å². The Morgan fingerprint density at radius 3 is 2.47 bits per heavy atom. The average Bonchev–Trinajstić information content (AvgIpc) is 3.42. The minimum Gasteiger partial charge on any atom is -0.363 e. The van der Waals surface area contributed by atoms with Crippen LogP contribution >= 0.6 is 11.3 Å². The van der Waals surface area contributed by atoms with E-state index >= 15 is 0 Å². The Morgan fingerprint density at radius 1 is 1.03 bits per heavy atom. The Bertz CT molecular complexity index is 1230. The number of fused-ring (bicyclic) bond motifs is 1. The Kier molecular flexibility index (Phi) is 4.93. The Labute approximate surface area is 193 Å². The van der Waals surface area contributed by atoms with Crippen LogP contribution in [0.2, 0.25) is 0 Å². The van der Waals surface area contributed by atoms with Crippen molar-refractivity contribution in [2.24, 2.45) is 0 Å². The van der Waals surface area contributed by atoms with E-state index in [1.54, 1.807) is 11.3 Å². The molecule has 5 rings (SSSR count). The third kappa shape index (κ3) is 3.52. The van der Waals surface area contributed by atoms with Crippen LogP contribution in [0.15, 0.2) is 60.8 Å². The molecule has 2 aromatic carbocycles. The number of benzene rings is 2. The van der Waals surface area contributed by atoms with Crippen LogP contribution in [-0.2, 0) is 11.0 Å². The zero-order chi connectivity index (χ0) is 22.5. The first-order valence-electron chi connectivity index (χ1n) is 11.1. The van der Waals surface area contributed by atoms with Crippen molar-refractivity contribution in [3.63, 3.8) is 0 Å². The number of nitrogens with zero attached hydrogens (tertiary/aromatic N) is 4. The van der Waals surface area contributed by atoms with Gasteiger partial charge < -0.3 is 5.32 Å². The summed E-state index contributed by atoms with van der Waals surface area (Å²) < 4.78 is 2.11. The van der Waals surface area contributed by atoms with Crippen LogP contribution in [0.3, 0.4) is 0 Å². The highest BCUT2D eigenvalue weighted by Crippen LogP contribution is 2.44. The van der Waals surface area contributed by atoms with Gasteiger partial charge in [0.15, 0.2) is 5.01 Å². The molecule has 0 amide bonds. The third-order valence-corrected chi connectivity index (χ3v) is 7.80. The smallest absolute Gasteiger partial charge is 0.153 e. The molecule has 1 atom stereocenters. The minimum absolute atomic E-state index is 0.103. The van der Waals surface area contributed by atoms with Gasteiger partial charge in [0.1, 0.15) is 10.8 Å². The number of nitrogens with one attached hydrogen (secondary N) is 1. The molecule has 0 spiro atoms. The predicted octanol–water partition coefficient (Wildman–Crippen LogP) is 6.33. The molecular formula is C26H29N5S. The number of aromatic nitrogens is 4. The van der Waals surface area contributed by atoms with Crippen molar-refractivity contribution in [1.29, 1.82) is 0 Å². The van der Waals surface area contributed by atoms with Crippen LogP contribution in [0.4, 0.5) is 5.82 Å². The molecule has 0 bridgehead atoms. The molecule has 2 aromatic heterocycles. The maximum Gasteiger partial charge on any atom is 0.153 e. The molecule has 1 unspecified atom stereocenters. The molecule has 5 nitrogen and oxygen atoms in total. The lowest BCUT2D eigenvalue weighted by molar-refractivity contribution is 0.263. The normalized spacial score (nSPS) is 17.6. The average molecular weight is 444 g/mol. The summed E-state index contributed by atoms with van der Waals surface area (Å²) in [7, 11) is 0. The lowest BCUT2D eigenvalue weighted by Crippen LogP contribution is -2.37. The van der Waals surface area contributed by atoms with E-state index in [-0.39, 0.29) is 17.0 Å². The molecule has 0 radical (unpaired) electrons. The molecule has 0 saturated carbocycles. The second-order valence-electron chi connectivity index (χ2n) is 9.85. The van der Waals surface area contributed by atoms with Gasteiger partial charge in [-0.25, -0.2) is 4.68 Å². The Balaban J connectivity index is 1.51. The lowest BCUT2D eigenvalue weighted by Gasteiger charge is -2.38. The highest BCUT2D eigenvalue weighted by molar-refractivity contribution is 7.14. The number of rotatable bonds is 4. The summed E-state index contributed by atoms with van der Waals surface area (Å²) in [6, 6.07) is 19.5. The van der Waals surface area contributed by atoms with E-state index in [1.807, 2.05) is 6.20 Å². The predicted molar refractivity (Wildman–Crippen MR) is 131 cm³/mol. The molecule has 0 fully saturated rings. The Hall–Kier alpha value is -2.99. The van der Waals surface area contributed by atoms with Crippen LogP contribution in [0.25, 0.3) is 10.6 Å². The maximum absolute atomic E-state index is 4.75. The van der Waals surface area contributed by atoms with E-state index in [4.69, 9.17) is 5.10 Å². The quantitative estimate of drug-likeness (QED) is 0.400. The van der Waals surface area contributed by atoms with E-state index in [0.29, 0.717) is 0 Å². The molecule has 1 aliphatic rings. The van der Waals surface area contributed by atoms with Gasteiger partial charge in [-0.1, -0.05) is 71.5 Å². The van der Waals surface area contributed by atoms with Crippen molar-refractivity contribution in [3.05, 3.63) is 82.5 Å². The van der Waals surface area contributed by atoms with Crippen molar-refractivity contribution in [1.82, 2.24) is 20.0 Å². The second-order valence-corrected chi connectivity index (χ2v) is 10.8. The highest BCUT2D eigenvalue weighted by atomic mass is 32.1. The van der Waals surface area contributed by atoms with E-state index < -0.39 is 0 Å². The zero-order valence-corrected chi connectivity index (χ0v) is 20.1. The first-order valence-corrected chi connectivity index (χ1v) is 11.9. The van der Waals surface area contributed by atoms with Crippen molar-refractivity contribution >= 4 is 17.2 Å². The van der Waals surface area contributed by atoms with Gasteiger partial charge in [-0.2, -0.15) is 5.10 Å². The summed E-state index contributed by atoms with van der Waals surface area (Å²) in [5.41, 5.74) is 4.49. The molecule has 164 valence electrons. The molecule has 1 N–H and O–H groups in total. The van der Waals surface area contributed by atoms with Crippen molar-refractivity contribution < 1.29 is 0 Å². The van der Waals surface area contributed by atoms with Crippen LogP contribution < -0.4 is 5.32 Å². The zero-order valence-electron chi connectivity index (χ0n) is 19.3. The summed E-state index contributed by atoms with van der Waals surface area (Å²) in [5, 5.41) is 19.6. The topological polar surface area (TPSA) is 55.6 Å². The van der Waals surface area contributed by atoms with Gasteiger partial charge in [0.25, 0.3) is 0 Å². The Morgan fingerprint density at radius 2 is 1.75 bits per heavy atom. The first kappa shape index (κ1) is 20.9. The van der Waals surface area contributed by atoms with Gasteiger partial charge in [-0.15, -0.1) is 10.2 Å². The van der Waals surface area contributed by atoms with Crippen molar-refractivity contribution in [3.8, 4) is 10.6 Å². The maximum atomic E-state index is 4.75. The number of hydrogen-bond donors (Lipinski definition) is 1. The summed E-state index contributed by atoms with van der Waals surface area (Å²) in [6.45, 7) is 11.0. The third-order valence-electron chi connectivity index (χ3n) is 6.52. The largest absolute Gasteiger partial charge is 0.363 e. The van der Waals surface area contributed by atoms with Crippen LogP contribution in [0, 0.1) is 6.92 Å². The van der Waals surface area contributed by atoms with Gasteiger partial charge in [0, 0.05) is 5.41 Å². The summed E-state index contributed by atoms with van der Waals surface area (Å²) >= 11 is 1.65. The molecule has 0 saturated heterocycles. The molecule has 4 aromatic rings. The van der Waals surface area contributed by atoms with Crippen molar-refractivity contribution in [2.45, 2.75) is 58.0 Å². The minimum atomic E-state index is -0.212. The van der Waals surface area contributed by atoms with Crippen LogP contribution in [0.5, 0.6) is 0 Å². The molecule has 6 heteroatoms. The molecule has 0 aliphatic carbocycles. The summed E-state index contributed by atoms with van der Waals surface area (Å²) in [5.74, 6) is 1.02. The first-order chi connectivity index (χ1) is 15.3. The van der Waals surface area contributed by atoms with Crippen molar-refractivity contribution in [2.75, 3.05) is 5.32 Å². The fraction of sp³-hybridized carbons (Fsp3) is 0.346. The standard InChI is InChI=1S/C26H29N5S/c1-17-11-13-19(14-12-17)26(4,5)24-30-29-23(32-24)20-16-27-31-22(20)28-21(15-25(31,2)3)18-9-7-6-8-10-18/h6-14,16,21,28H,15H2,1-5H3. The number of aryl methyl sites for hydroxylation is 1. The second kappa shape index (κ2) is 7.55. The van der Waals surface area contributed by atoms with Gasteiger partial charge in [-0.3, -0.25) is 0 Å². The molecule has 1 aliphatic heterocycles. The molecule has 3 heterocycles. The van der Waals surface area contributed by atoms with Gasteiger partial charge in [0.05, 0.1) is 23.3 Å². The fourth-order valence-electron chi connectivity index (χ4n) is 4.47. The molecule has 32 heavy (non-hydrogen) atoms. The van der Waals surface area contributed by atoms with Crippen LogP contribution in [-0.4, -0.2) is 20.0 Å². The highest BCUT2D eigenvalue weighted by Gasteiger charge is 2.36. The monoisotopic (exact) mass is 443 g/mol. The van der Waals surface area contributed by atoms with Crippen LogP contribution in [0.1, 0.15) is 61.9 Å². The summed E-state index contributed by atoms with van der Waals surface area (Å²) in [6.07, 6.45) is 2.90. The van der Waals surface area contributed by atoms with Gasteiger partial charge in [-0.05, 0) is 52.2 Å². The number of hydrogen-bond acceptors (Lipinski definition) is 5. The van der Waals surface area contributed by atoms with E-state index in [0.717, 1.165) is 27.8 Å². The lowest BCUT2D eigenvalue weighted by atomic mass is 9.85. The fourth-order valence-corrected chi connectivity index (χ4v) is 5.45. The van der Waals surface area contributed by atoms with Gasteiger partial charge >= 0.3 is 0 Å². The summed E-state index contributed by atoms with van der Waals surface area (Å²) in [4.78, 5) is 0. The molecular weight excluding hydrogens is 414 g/mol. The van der Waals surface area contributed by atoms with E-state index in [1.165, 1.54) is 16.7 Å². The van der Waals surface area contributed by atoms with E-state index in [9.17, 15) is 0 Å².